The van der Waals surface area contributed by atoms with Gasteiger partial charge in [0, 0.05) is 43.6 Å². The van der Waals surface area contributed by atoms with Crippen molar-refractivity contribution in [3.63, 3.8) is 0 Å². The molecule has 0 spiro atoms. The number of anilines is 1. The monoisotopic (exact) mass is 551 g/mol. The summed E-state index contributed by atoms with van der Waals surface area (Å²) in [5.41, 5.74) is 0.849. The average Bonchev–Trinajstić information content (AvgIpc) is 3.39. The van der Waals surface area contributed by atoms with Crippen LogP contribution in [-0.4, -0.2) is 60.9 Å². The second kappa shape index (κ2) is 11.0. The van der Waals surface area contributed by atoms with E-state index in [1.807, 2.05) is 4.90 Å². The number of hydrogen-bond donors (Lipinski definition) is 2. The second-order valence-electron chi connectivity index (χ2n) is 10.3. The molecule has 1 saturated carbocycles. The Kier molecular flexibility index (Phi) is 7.14. The number of fused-ring (bicyclic) bond motifs is 5. The van der Waals surface area contributed by atoms with Crippen molar-refractivity contribution in [1.82, 2.24) is 20.8 Å². The van der Waals surface area contributed by atoms with Gasteiger partial charge in [0.1, 0.15) is 17.7 Å². The lowest BCUT2D eigenvalue weighted by atomic mass is 9.85. The summed E-state index contributed by atoms with van der Waals surface area (Å²) in [5.74, 6) is 1.10. The predicted octanol–water partition coefficient (Wildman–Crippen LogP) is 2.95. The second-order valence-corrected chi connectivity index (χ2v) is 10.3. The number of hydrogen-bond acceptors (Lipinski definition) is 9. The molecule has 12 heteroatoms. The van der Waals surface area contributed by atoms with Crippen molar-refractivity contribution in [2.45, 2.75) is 50.3 Å². The molecule has 210 valence electrons. The highest BCUT2D eigenvalue weighted by atomic mass is 19.1. The number of halogens is 1. The predicted molar refractivity (Wildman–Crippen MR) is 140 cm³/mol. The Morgan fingerprint density at radius 2 is 2.00 bits per heavy atom. The third-order valence-electron chi connectivity index (χ3n) is 7.53. The van der Waals surface area contributed by atoms with E-state index >= 15 is 0 Å². The van der Waals surface area contributed by atoms with Gasteiger partial charge in [-0.05, 0) is 53.9 Å². The van der Waals surface area contributed by atoms with Gasteiger partial charge in [0.15, 0.2) is 18.1 Å². The fraction of sp³-hybridized carbons (Fsp3) is 0.429. The van der Waals surface area contributed by atoms with Crippen molar-refractivity contribution in [2.24, 2.45) is 0 Å². The zero-order valence-electron chi connectivity index (χ0n) is 22.0. The number of rotatable bonds is 3. The lowest BCUT2D eigenvalue weighted by molar-refractivity contribution is -0.123. The van der Waals surface area contributed by atoms with E-state index in [1.54, 1.807) is 18.2 Å². The molecule has 1 aliphatic carbocycles. The number of nitrogens with one attached hydrogen (secondary N) is 2. The van der Waals surface area contributed by atoms with Gasteiger partial charge in [-0.1, -0.05) is 6.42 Å². The molecule has 0 radical (unpaired) electrons. The molecule has 1 aromatic heterocycles. The molecule has 3 aromatic rings. The van der Waals surface area contributed by atoms with Crippen LogP contribution in [0, 0.1) is 5.82 Å². The van der Waals surface area contributed by atoms with Gasteiger partial charge in [-0.25, -0.2) is 4.39 Å². The van der Waals surface area contributed by atoms with Crippen LogP contribution < -0.4 is 29.7 Å². The van der Waals surface area contributed by atoms with Crippen LogP contribution in [0.3, 0.4) is 0 Å². The quantitative estimate of drug-likeness (QED) is 0.505. The van der Waals surface area contributed by atoms with E-state index < -0.39 is 23.9 Å². The van der Waals surface area contributed by atoms with Gasteiger partial charge in [0.25, 0.3) is 17.8 Å². The number of benzene rings is 2. The standard InChI is InChI=1S/C28H30FN5O6/c1-37-23-6-5-18-11-24(23)38-15-25(35)30-13-16-9-19(29)12-20(10-16)39-22-7-8-34(14-21(22)31-26(18)36)28-32-27(40-33-28)17-3-2-4-17/h5-6,9-12,17,21-22H,2-4,7-8,13-15H2,1H3,(H,30,35)(H,31,36)/t21-,22+/m0/s1. The number of carbonyl (C=O) groups is 2. The molecule has 2 atom stereocenters. The Morgan fingerprint density at radius 1 is 1.12 bits per heavy atom. The maximum absolute atomic E-state index is 14.5. The van der Waals surface area contributed by atoms with Crippen LogP contribution >= 0.6 is 0 Å². The number of nitrogens with zero attached hydrogens (tertiary/aromatic N) is 3. The van der Waals surface area contributed by atoms with Crippen molar-refractivity contribution >= 4 is 17.8 Å². The van der Waals surface area contributed by atoms with Gasteiger partial charge in [-0.3, -0.25) is 9.59 Å². The summed E-state index contributed by atoms with van der Waals surface area (Å²) >= 11 is 0. The van der Waals surface area contributed by atoms with E-state index in [-0.39, 0.29) is 24.8 Å². The Hall–Kier alpha value is -4.35. The molecule has 2 N–H and O–H groups in total. The minimum Gasteiger partial charge on any atom is -0.493 e. The van der Waals surface area contributed by atoms with Crippen LogP contribution in [-0.2, 0) is 11.3 Å². The first-order valence-corrected chi connectivity index (χ1v) is 13.4. The van der Waals surface area contributed by atoms with E-state index in [0.717, 1.165) is 19.3 Å². The van der Waals surface area contributed by atoms with Crippen LogP contribution in [0.25, 0.3) is 0 Å². The number of carbonyl (C=O) groups excluding carboxylic acids is 2. The molecule has 2 aliphatic heterocycles. The van der Waals surface area contributed by atoms with Crippen molar-refractivity contribution in [3.8, 4) is 17.2 Å². The average molecular weight is 552 g/mol. The van der Waals surface area contributed by atoms with E-state index in [2.05, 4.69) is 20.8 Å². The highest BCUT2D eigenvalue weighted by Gasteiger charge is 2.35. The SMILES string of the molecule is COc1ccc2cc1OCC(=O)NCc1cc(F)cc(c1)O[C@@H]1CCN(c3noc(C4CCC4)n3)C[C@@H]1NC2=O. The Morgan fingerprint density at radius 3 is 2.80 bits per heavy atom. The molecule has 11 nitrogen and oxygen atoms in total. The summed E-state index contributed by atoms with van der Waals surface area (Å²) in [6.07, 6.45) is 3.29. The molecular weight excluding hydrogens is 521 g/mol. The van der Waals surface area contributed by atoms with Crippen molar-refractivity contribution in [1.29, 1.82) is 0 Å². The Bertz CT molecular complexity index is 1410. The van der Waals surface area contributed by atoms with Gasteiger partial charge in [0.05, 0.1) is 13.2 Å². The van der Waals surface area contributed by atoms with Crippen LogP contribution in [0.5, 0.6) is 17.2 Å². The number of amides is 2. The molecule has 3 aliphatic rings. The van der Waals surface area contributed by atoms with E-state index in [1.165, 1.54) is 25.3 Å². The van der Waals surface area contributed by atoms with Gasteiger partial charge in [-0.2, -0.15) is 4.98 Å². The number of piperidine rings is 1. The first-order valence-electron chi connectivity index (χ1n) is 13.4. The van der Waals surface area contributed by atoms with E-state index in [9.17, 15) is 14.0 Å². The summed E-state index contributed by atoms with van der Waals surface area (Å²) in [6.45, 7) is 0.692. The number of aromatic nitrogens is 2. The zero-order valence-corrected chi connectivity index (χ0v) is 22.0. The largest absolute Gasteiger partial charge is 0.493 e. The molecular formula is C28H30FN5O6. The minimum atomic E-state index is -0.493. The number of ether oxygens (including phenoxy) is 3. The summed E-state index contributed by atoms with van der Waals surface area (Å²) in [6, 6.07) is 8.58. The van der Waals surface area contributed by atoms with Crippen LogP contribution in [0.15, 0.2) is 40.9 Å². The van der Waals surface area contributed by atoms with Crippen molar-refractivity contribution in [2.75, 3.05) is 31.7 Å². The molecule has 3 heterocycles. The molecule has 1 saturated heterocycles. The van der Waals surface area contributed by atoms with Crippen LogP contribution in [0.4, 0.5) is 10.3 Å². The highest BCUT2D eigenvalue weighted by molar-refractivity contribution is 5.95. The first kappa shape index (κ1) is 25.9. The van der Waals surface area contributed by atoms with Gasteiger partial charge < -0.3 is 34.3 Å². The maximum atomic E-state index is 14.5. The zero-order chi connectivity index (χ0) is 27.6. The van der Waals surface area contributed by atoms with Gasteiger partial charge in [-0.15, -0.1) is 0 Å². The van der Waals surface area contributed by atoms with E-state index in [0.29, 0.717) is 59.9 Å². The third-order valence-corrected chi connectivity index (χ3v) is 7.53. The van der Waals surface area contributed by atoms with Crippen molar-refractivity contribution in [3.05, 3.63) is 59.2 Å². The van der Waals surface area contributed by atoms with Gasteiger partial charge in [0.2, 0.25) is 5.89 Å². The Balaban J connectivity index is 1.30. The normalized spacial score (nSPS) is 21.7. The molecule has 2 amide bonds. The maximum Gasteiger partial charge on any atom is 0.266 e. The molecule has 2 aromatic carbocycles. The minimum absolute atomic E-state index is 0.0905. The number of methoxy groups -OCH3 is 1. The topological polar surface area (TPSA) is 128 Å². The van der Waals surface area contributed by atoms with Crippen LogP contribution in [0.1, 0.15) is 53.4 Å². The van der Waals surface area contributed by atoms with Crippen LogP contribution in [0.2, 0.25) is 0 Å². The molecule has 0 unspecified atom stereocenters. The summed E-state index contributed by atoms with van der Waals surface area (Å²) < 4.78 is 37.3. The summed E-state index contributed by atoms with van der Waals surface area (Å²) in [4.78, 5) is 32.4. The lowest BCUT2D eigenvalue weighted by Gasteiger charge is -2.38. The smallest absolute Gasteiger partial charge is 0.266 e. The van der Waals surface area contributed by atoms with Gasteiger partial charge >= 0.3 is 0 Å². The third kappa shape index (κ3) is 5.51. The van der Waals surface area contributed by atoms with Crippen molar-refractivity contribution < 1.29 is 32.7 Å². The first-order chi connectivity index (χ1) is 19.4. The molecule has 2 fully saturated rings. The molecule has 6 rings (SSSR count). The molecule has 40 heavy (non-hydrogen) atoms. The van der Waals surface area contributed by atoms with E-state index in [4.69, 9.17) is 18.7 Å². The Labute approximate surface area is 230 Å². The molecule has 4 bridgehead atoms. The lowest BCUT2D eigenvalue weighted by Crippen LogP contribution is -2.57. The fourth-order valence-corrected chi connectivity index (χ4v) is 5.11. The highest BCUT2D eigenvalue weighted by Crippen LogP contribution is 2.36. The fourth-order valence-electron chi connectivity index (χ4n) is 5.11. The summed E-state index contributed by atoms with van der Waals surface area (Å²) in [7, 11) is 1.47. The summed E-state index contributed by atoms with van der Waals surface area (Å²) in [5, 5.41) is 9.98.